The topological polar surface area (TPSA) is 112 Å². The molecule has 0 unspecified atom stereocenters. The molecule has 0 bridgehead atoms. The van der Waals surface area contributed by atoms with E-state index in [4.69, 9.17) is 9.97 Å². The summed E-state index contributed by atoms with van der Waals surface area (Å²) < 4.78 is 7.02. The molecule has 346 valence electrons. The molecule has 8 heteroatoms. The van der Waals surface area contributed by atoms with Crippen LogP contribution in [0.4, 0.5) is 0 Å². The molecular formula is C67H38N8. The number of nitrogens with zero attached hydrogens (tertiary/aromatic N) is 8. The van der Waals surface area contributed by atoms with Gasteiger partial charge in [-0.05, 0) is 126 Å². The summed E-state index contributed by atoms with van der Waals surface area (Å²) in [6, 6.07) is 85.6. The molecule has 10 aromatic carbocycles. The van der Waals surface area contributed by atoms with Crippen molar-refractivity contribution in [2.24, 2.45) is 0 Å². The summed E-state index contributed by atoms with van der Waals surface area (Å²) in [5, 5.41) is 36.8. The average Bonchev–Trinajstić information content (AvgIpc) is 4.13. The van der Waals surface area contributed by atoms with Crippen LogP contribution in [0.2, 0.25) is 0 Å². The van der Waals surface area contributed by atoms with Crippen molar-refractivity contribution in [2.75, 3.05) is 0 Å². The third-order valence-corrected chi connectivity index (χ3v) is 14.6. The summed E-state index contributed by atoms with van der Waals surface area (Å²) in [4.78, 5) is 9.93. The second kappa shape index (κ2) is 17.2. The van der Waals surface area contributed by atoms with E-state index in [1.807, 2.05) is 60.7 Å². The van der Waals surface area contributed by atoms with Gasteiger partial charge >= 0.3 is 0 Å². The lowest BCUT2D eigenvalue weighted by atomic mass is 9.97. The fourth-order valence-electron chi connectivity index (χ4n) is 11.1. The van der Waals surface area contributed by atoms with Gasteiger partial charge in [-0.1, -0.05) is 115 Å². The maximum absolute atomic E-state index is 10.9. The quantitative estimate of drug-likeness (QED) is 0.158. The van der Waals surface area contributed by atoms with Gasteiger partial charge in [0.2, 0.25) is 0 Å². The molecule has 0 amide bonds. The number of rotatable bonds is 7. The fourth-order valence-corrected chi connectivity index (χ4v) is 11.1. The molecule has 0 aliphatic heterocycles. The van der Waals surface area contributed by atoms with Gasteiger partial charge in [-0.15, -0.1) is 0 Å². The van der Waals surface area contributed by atoms with Gasteiger partial charge < -0.3 is 13.7 Å². The van der Waals surface area contributed by atoms with Gasteiger partial charge in [-0.25, -0.2) is 9.97 Å². The highest BCUT2D eigenvalue weighted by molar-refractivity contribution is 6.14. The molecular weight excluding hydrogens is 917 g/mol. The Morgan fingerprint density at radius 3 is 1.08 bits per heavy atom. The highest BCUT2D eigenvalue weighted by atomic mass is 15.0. The molecule has 0 spiro atoms. The van der Waals surface area contributed by atoms with Crippen LogP contribution in [0.15, 0.2) is 231 Å². The van der Waals surface area contributed by atoms with Crippen LogP contribution in [0.1, 0.15) is 16.7 Å². The number of aromatic nitrogens is 5. The van der Waals surface area contributed by atoms with Crippen molar-refractivity contribution in [2.45, 2.75) is 0 Å². The Morgan fingerprint density at radius 1 is 0.293 bits per heavy atom. The number of fused-ring (bicyclic) bond motifs is 9. The van der Waals surface area contributed by atoms with E-state index in [1.165, 1.54) is 21.5 Å². The van der Waals surface area contributed by atoms with Crippen molar-refractivity contribution >= 4 is 65.4 Å². The predicted octanol–water partition coefficient (Wildman–Crippen LogP) is 16.1. The Morgan fingerprint density at radius 2 is 0.653 bits per heavy atom. The first-order valence-electron chi connectivity index (χ1n) is 24.6. The molecule has 0 saturated carbocycles. The average molecular weight is 955 g/mol. The van der Waals surface area contributed by atoms with Gasteiger partial charge in [-0.2, -0.15) is 15.8 Å². The molecule has 0 saturated heterocycles. The highest BCUT2D eigenvalue weighted by Crippen LogP contribution is 2.41. The number of hydrogen-bond donors (Lipinski definition) is 0. The third kappa shape index (κ3) is 6.96. The normalized spacial score (nSPS) is 11.4. The third-order valence-electron chi connectivity index (χ3n) is 14.6. The first-order valence-corrected chi connectivity index (χ1v) is 24.6. The lowest BCUT2D eigenvalue weighted by Crippen LogP contribution is -1.98. The molecule has 0 atom stereocenters. The first kappa shape index (κ1) is 43.0. The fraction of sp³-hybridized carbons (Fsp3) is 0. The second-order valence-corrected chi connectivity index (χ2v) is 18.7. The molecule has 4 heterocycles. The minimum atomic E-state index is 0.513. The molecule has 8 nitrogen and oxygen atoms in total. The van der Waals surface area contributed by atoms with E-state index >= 15 is 0 Å². The van der Waals surface area contributed by atoms with Crippen LogP contribution in [0, 0.1) is 34.0 Å². The summed E-state index contributed by atoms with van der Waals surface area (Å²) in [5.74, 6) is 0.513. The van der Waals surface area contributed by atoms with Crippen LogP contribution < -0.4 is 0 Å². The number of hydrogen-bond acceptors (Lipinski definition) is 5. The summed E-state index contributed by atoms with van der Waals surface area (Å²) in [6.45, 7) is 0. The highest BCUT2D eigenvalue weighted by Gasteiger charge is 2.20. The van der Waals surface area contributed by atoms with E-state index in [0.29, 0.717) is 33.9 Å². The van der Waals surface area contributed by atoms with Gasteiger partial charge in [0.25, 0.3) is 0 Å². The summed E-state index contributed by atoms with van der Waals surface area (Å²) in [5.41, 5.74) is 16.9. The molecule has 0 fully saturated rings. The molecule has 0 N–H and O–H groups in total. The van der Waals surface area contributed by atoms with E-state index < -0.39 is 0 Å². The summed E-state index contributed by atoms with van der Waals surface area (Å²) in [6.07, 6.45) is 0. The largest absolute Gasteiger partial charge is 0.309 e. The molecule has 4 aromatic heterocycles. The van der Waals surface area contributed by atoms with Gasteiger partial charge in [0.15, 0.2) is 5.82 Å². The van der Waals surface area contributed by atoms with Crippen LogP contribution in [0.3, 0.4) is 0 Å². The Kier molecular flexibility index (Phi) is 9.85. The zero-order chi connectivity index (χ0) is 50.1. The molecule has 14 rings (SSSR count). The lowest BCUT2D eigenvalue weighted by molar-refractivity contribution is 1.16. The standard InChI is InChI=1S/C67H38N8/c68-39-42-17-21-45(22-18-42)59-38-60(72-67(71-59)47-23-19-43(40-69)20-24-47)46-27-25-44(26-28-46)52-32-29-49(35-48(52)41-70)73-65-33-30-50(74-61-13-5-1-9-53(61)54-10-2-6-14-62(54)74)36-57(65)58-37-51(31-34-66(58)73)75-63-15-7-3-11-55(63)56-12-4-8-16-64(56)75/h1-38H. The molecule has 75 heavy (non-hydrogen) atoms. The van der Waals surface area contributed by atoms with Crippen LogP contribution in [-0.2, 0) is 0 Å². The molecule has 0 radical (unpaired) electrons. The lowest BCUT2D eigenvalue weighted by Gasteiger charge is -2.13. The van der Waals surface area contributed by atoms with Crippen LogP contribution in [-0.4, -0.2) is 23.7 Å². The first-order chi connectivity index (χ1) is 37.0. The van der Waals surface area contributed by atoms with E-state index in [2.05, 4.69) is 178 Å². The Hall–Kier alpha value is -10.9. The van der Waals surface area contributed by atoms with Crippen molar-refractivity contribution in [3.8, 4) is 80.3 Å². The van der Waals surface area contributed by atoms with Crippen LogP contribution in [0.25, 0.3) is 128 Å². The Labute approximate surface area is 430 Å². The summed E-state index contributed by atoms with van der Waals surface area (Å²) in [7, 11) is 0. The maximum atomic E-state index is 10.9. The van der Waals surface area contributed by atoms with Crippen molar-refractivity contribution in [1.29, 1.82) is 15.8 Å². The molecule has 0 aliphatic rings. The second-order valence-electron chi connectivity index (χ2n) is 18.7. The van der Waals surface area contributed by atoms with Gasteiger partial charge in [-0.3, -0.25) is 0 Å². The summed E-state index contributed by atoms with van der Waals surface area (Å²) >= 11 is 0. The smallest absolute Gasteiger partial charge is 0.160 e. The maximum Gasteiger partial charge on any atom is 0.160 e. The Balaban J connectivity index is 0.900. The monoisotopic (exact) mass is 954 g/mol. The van der Waals surface area contributed by atoms with E-state index in [1.54, 1.807) is 24.3 Å². The van der Waals surface area contributed by atoms with E-state index in [9.17, 15) is 15.8 Å². The number of para-hydroxylation sites is 4. The molecule has 14 aromatic rings. The van der Waals surface area contributed by atoms with Crippen molar-refractivity contribution in [1.82, 2.24) is 23.7 Å². The zero-order valence-electron chi connectivity index (χ0n) is 40.0. The van der Waals surface area contributed by atoms with Crippen molar-refractivity contribution in [3.63, 3.8) is 0 Å². The minimum absolute atomic E-state index is 0.513. The van der Waals surface area contributed by atoms with Crippen molar-refractivity contribution < 1.29 is 0 Å². The number of nitriles is 3. The van der Waals surface area contributed by atoms with E-state index in [0.717, 1.165) is 88.8 Å². The van der Waals surface area contributed by atoms with Crippen LogP contribution in [0.5, 0.6) is 0 Å². The predicted molar refractivity (Wildman–Crippen MR) is 301 cm³/mol. The minimum Gasteiger partial charge on any atom is -0.309 e. The SMILES string of the molecule is N#Cc1ccc(-c2cc(-c3ccc(-c4ccc(-n5c6ccc(-n7c8ccccc8c8ccccc87)cc6c6cc(-n7c8ccccc8c8ccccc87)ccc65)cc4C#N)cc3)nc(-c3ccc(C#N)cc3)n2)cc1. The number of benzene rings is 10. The van der Waals surface area contributed by atoms with Gasteiger partial charge in [0.1, 0.15) is 0 Å². The Bertz CT molecular complexity index is 4430. The zero-order valence-corrected chi connectivity index (χ0v) is 40.0. The van der Waals surface area contributed by atoms with Gasteiger partial charge in [0, 0.05) is 66.1 Å². The van der Waals surface area contributed by atoms with Crippen molar-refractivity contribution in [3.05, 3.63) is 247 Å². The molecule has 0 aliphatic carbocycles. The van der Waals surface area contributed by atoms with E-state index in [-0.39, 0.29) is 0 Å². The van der Waals surface area contributed by atoms with Crippen LogP contribution >= 0.6 is 0 Å². The van der Waals surface area contributed by atoms with Gasteiger partial charge in [0.05, 0.1) is 79.4 Å².